The lowest BCUT2D eigenvalue weighted by Gasteiger charge is -2.60. The van der Waals surface area contributed by atoms with Crippen LogP contribution in [0.5, 0.6) is 0 Å². The SMILES string of the molecule is CC(SN)SC(C)(C)CC1CCC2C3CCC4CCCCC4(C)C3CCC12C. The Kier molecular flexibility index (Phi) is 6.23. The van der Waals surface area contributed by atoms with Crippen molar-refractivity contribution in [3.05, 3.63) is 0 Å². The minimum Gasteiger partial charge on any atom is -0.277 e. The molecule has 4 fully saturated rings. The second-order valence-corrected chi connectivity index (χ2v) is 15.3. The first-order valence-electron chi connectivity index (χ1n) is 12.2. The molecule has 0 aromatic carbocycles. The van der Waals surface area contributed by atoms with Gasteiger partial charge in [0.15, 0.2) is 0 Å². The predicted octanol–water partition coefficient (Wildman–Crippen LogP) is 7.89. The Morgan fingerprint density at radius 1 is 0.929 bits per heavy atom. The normalized spacial score (nSPS) is 47.1. The molecule has 4 aliphatic carbocycles. The fraction of sp³-hybridized carbons (Fsp3) is 1.00. The summed E-state index contributed by atoms with van der Waals surface area (Å²) in [7, 11) is 0. The zero-order chi connectivity index (χ0) is 20.2. The zero-order valence-corrected chi connectivity index (χ0v) is 20.8. The average molecular weight is 424 g/mol. The van der Waals surface area contributed by atoms with E-state index >= 15 is 0 Å². The molecule has 0 heterocycles. The van der Waals surface area contributed by atoms with Gasteiger partial charge in [0, 0.05) is 4.75 Å². The van der Waals surface area contributed by atoms with Gasteiger partial charge in [-0.2, -0.15) is 0 Å². The lowest BCUT2D eigenvalue weighted by atomic mass is 9.45. The molecule has 0 spiro atoms. The van der Waals surface area contributed by atoms with Crippen LogP contribution in [0.2, 0.25) is 0 Å². The molecule has 162 valence electrons. The molecule has 0 saturated heterocycles. The van der Waals surface area contributed by atoms with Crippen molar-refractivity contribution in [1.82, 2.24) is 0 Å². The van der Waals surface area contributed by atoms with Crippen molar-refractivity contribution in [2.45, 2.75) is 115 Å². The van der Waals surface area contributed by atoms with Gasteiger partial charge in [-0.15, -0.1) is 11.8 Å². The van der Waals surface area contributed by atoms with Crippen LogP contribution in [0.15, 0.2) is 0 Å². The van der Waals surface area contributed by atoms with Gasteiger partial charge in [0.1, 0.15) is 0 Å². The van der Waals surface area contributed by atoms with E-state index in [1.54, 1.807) is 12.8 Å². The van der Waals surface area contributed by atoms with Crippen LogP contribution in [0.4, 0.5) is 0 Å². The smallest absolute Gasteiger partial charge is 0.0622 e. The number of hydrogen-bond acceptors (Lipinski definition) is 3. The van der Waals surface area contributed by atoms with Crippen LogP contribution in [0.25, 0.3) is 0 Å². The van der Waals surface area contributed by atoms with Crippen molar-refractivity contribution in [1.29, 1.82) is 0 Å². The highest BCUT2D eigenvalue weighted by atomic mass is 32.2. The van der Waals surface area contributed by atoms with E-state index in [0.29, 0.717) is 20.2 Å². The molecule has 28 heavy (non-hydrogen) atoms. The third-order valence-electron chi connectivity index (χ3n) is 10.2. The first kappa shape index (κ1) is 21.9. The van der Waals surface area contributed by atoms with Crippen LogP contribution in [0, 0.1) is 40.4 Å². The molecule has 8 unspecified atom stereocenters. The molecule has 8 atom stereocenters. The van der Waals surface area contributed by atoms with Gasteiger partial charge in [-0.05, 0) is 105 Å². The lowest BCUT2D eigenvalue weighted by molar-refractivity contribution is -0.111. The van der Waals surface area contributed by atoms with Crippen molar-refractivity contribution in [3.63, 3.8) is 0 Å². The van der Waals surface area contributed by atoms with E-state index in [1.165, 1.54) is 69.7 Å². The number of nitrogens with two attached hydrogens (primary N) is 1. The first-order chi connectivity index (χ1) is 13.2. The van der Waals surface area contributed by atoms with Gasteiger partial charge in [0.2, 0.25) is 0 Å². The summed E-state index contributed by atoms with van der Waals surface area (Å²) in [5, 5.41) is 5.85. The summed E-state index contributed by atoms with van der Waals surface area (Å²) < 4.78 is 0.843. The maximum absolute atomic E-state index is 5.85. The van der Waals surface area contributed by atoms with Gasteiger partial charge < -0.3 is 0 Å². The van der Waals surface area contributed by atoms with E-state index in [2.05, 4.69) is 46.4 Å². The molecule has 2 N–H and O–H groups in total. The molecule has 0 amide bonds. The number of fused-ring (bicyclic) bond motifs is 5. The van der Waals surface area contributed by atoms with Crippen LogP contribution in [0.3, 0.4) is 0 Å². The summed E-state index contributed by atoms with van der Waals surface area (Å²) >= 11 is 3.62. The van der Waals surface area contributed by atoms with Gasteiger partial charge in [-0.3, -0.25) is 5.14 Å². The highest BCUT2D eigenvalue weighted by molar-refractivity contribution is 8.16. The summed E-state index contributed by atoms with van der Waals surface area (Å²) in [6.45, 7) is 12.6. The van der Waals surface area contributed by atoms with Gasteiger partial charge in [0.05, 0.1) is 4.58 Å². The maximum atomic E-state index is 5.85. The van der Waals surface area contributed by atoms with E-state index in [4.69, 9.17) is 5.14 Å². The van der Waals surface area contributed by atoms with Crippen LogP contribution >= 0.6 is 23.7 Å². The molecule has 0 aromatic heterocycles. The van der Waals surface area contributed by atoms with E-state index in [-0.39, 0.29) is 0 Å². The highest BCUT2D eigenvalue weighted by Gasteiger charge is 2.59. The lowest BCUT2D eigenvalue weighted by Crippen LogP contribution is -2.52. The molecule has 0 radical (unpaired) electrons. The van der Waals surface area contributed by atoms with Crippen molar-refractivity contribution in [2.75, 3.05) is 0 Å². The molecular weight excluding hydrogens is 378 g/mol. The molecule has 0 aliphatic heterocycles. The van der Waals surface area contributed by atoms with Gasteiger partial charge in [0.25, 0.3) is 0 Å². The molecule has 3 heteroatoms. The quantitative estimate of drug-likeness (QED) is 0.359. The fourth-order valence-electron chi connectivity index (χ4n) is 8.86. The molecule has 4 aliphatic rings. The Labute approximate surface area is 183 Å². The first-order valence-corrected chi connectivity index (χ1v) is 14.1. The number of thioether (sulfide) groups is 1. The van der Waals surface area contributed by atoms with Crippen molar-refractivity contribution in [2.24, 2.45) is 45.6 Å². The second kappa shape index (κ2) is 7.97. The van der Waals surface area contributed by atoms with E-state index < -0.39 is 0 Å². The summed E-state index contributed by atoms with van der Waals surface area (Å²) in [5.74, 6) is 5.07. The number of rotatable bonds is 5. The Morgan fingerprint density at radius 3 is 2.43 bits per heavy atom. The van der Waals surface area contributed by atoms with Gasteiger partial charge in [-0.25, -0.2) is 0 Å². The van der Waals surface area contributed by atoms with Crippen molar-refractivity contribution < 1.29 is 0 Å². The fourth-order valence-corrected chi connectivity index (χ4v) is 11.1. The molecule has 0 bridgehead atoms. The molecular formula is C25H45NS2. The second-order valence-electron chi connectivity index (χ2n) is 12.0. The van der Waals surface area contributed by atoms with E-state index in [9.17, 15) is 0 Å². The molecule has 4 saturated carbocycles. The largest absolute Gasteiger partial charge is 0.277 e. The average Bonchev–Trinajstić information content (AvgIpc) is 2.96. The molecule has 0 aromatic rings. The van der Waals surface area contributed by atoms with E-state index in [0.717, 1.165) is 29.6 Å². The van der Waals surface area contributed by atoms with Crippen LogP contribution in [0.1, 0.15) is 105 Å². The van der Waals surface area contributed by atoms with Gasteiger partial charge >= 0.3 is 0 Å². The highest BCUT2D eigenvalue weighted by Crippen LogP contribution is 2.68. The maximum Gasteiger partial charge on any atom is 0.0622 e. The monoisotopic (exact) mass is 423 g/mol. The predicted molar refractivity (Wildman–Crippen MR) is 127 cm³/mol. The minimum atomic E-state index is 0.345. The Bertz CT molecular complexity index is 563. The topological polar surface area (TPSA) is 26.0 Å². The minimum absolute atomic E-state index is 0.345. The Morgan fingerprint density at radius 2 is 1.68 bits per heavy atom. The summed E-state index contributed by atoms with van der Waals surface area (Å²) in [6.07, 6.45) is 16.6. The third-order valence-corrected chi connectivity index (χ3v) is 12.3. The van der Waals surface area contributed by atoms with Crippen LogP contribution in [-0.2, 0) is 0 Å². The molecule has 1 nitrogen and oxygen atoms in total. The Hall–Kier alpha value is 0.660. The summed E-state index contributed by atoms with van der Waals surface area (Å²) in [6, 6.07) is 0. The standard InChI is InChI=1S/C25H45NS2/c1-17(28-26)27-23(2,3)16-19-10-12-21-20-11-9-18-8-6-7-14-24(18,4)22(20)13-15-25(19,21)5/h17-22H,6-16,26H2,1-5H3. The zero-order valence-electron chi connectivity index (χ0n) is 19.1. The van der Waals surface area contributed by atoms with Crippen molar-refractivity contribution >= 4 is 23.7 Å². The summed E-state index contributed by atoms with van der Waals surface area (Å²) in [4.78, 5) is 0. The summed E-state index contributed by atoms with van der Waals surface area (Å²) in [5.41, 5.74) is 1.29. The van der Waals surface area contributed by atoms with Crippen LogP contribution < -0.4 is 5.14 Å². The van der Waals surface area contributed by atoms with Gasteiger partial charge in [-0.1, -0.05) is 52.5 Å². The van der Waals surface area contributed by atoms with Crippen LogP contribution in [-0.4, -0.2) is 9.33 Å². The van der Waals surface area contributed by atoms with E-state index in [1.807, 2.05) is 0 Å². The number of hydrogen-bond donors (Lipinski definition) is 1. The Balaban J connectivity index is 1.49. The molecule has 4 rings (SSSR count). The third kappa shape index (κ3) is 3.72. The van der Waals surface area contributed by atoms with Crippen molar-refractivity contribution in [3.8, 4) is 0 Å².